The minimum Gasteiger partial charge on any atom is -0.465 e. The maximum absolute atomic E-state index is 11.4. The fourth-order valence-corrected chi connectivity index (χ4v) is 1.76. The summed E-state index contributed by atoms with van der Waals surface area (Å²) < 4.78 is 9.98. The Labute approximate surface area is 97.9 Å². The minimum absolute atomic E-state index is 0.0962. The molecule has 1 aliphatic carbocycles. The van der Waals surface area contributed by atoms with Crippen LogP contribution >= 0.6 is 0 Å². The van der Waals surface area contributed by atoms with Crippen LogP contribution in [0, 0.1) is 0 Å². The largest absolute Gasteiger partial charge is 0.465 e. The van der Waals surface area contributed by atoms with Crippen molar-refractivity contribution in [3.05, 3.63) is 0 Å². The molecule has 0 aromatic rings. The van der Waals surface area contributed by atoms with Crippen LogP contribution in [0.1, 0.15) is 32.6 Å². The van der Waals surface area contributed by atoms with Crippen molar-refractivity contribution in [3.63, 3.8) is 0 Å². The molecule has 94 valence electrons. The van der Waals surface area contributed by atoms with Gasteiger partial charge in [-0.25, -0.2) is 0 Å². The van der Waals surface area contributed by atoms with E-state index >= 15 is 0 Å². The number of ether oxygens (including phenoxy) is 2. The topological polar surface area (TPSA) is 38.8 Å². The summed E-state index contributed by atoms with van der Waals surface area (Å²) in [5, 5.41) is 0. The molecule has 0 aromatic carbocycles. The maximum atomic E-state index is 11.4. The maximum Gasteiger partial charge on any atom is 0.320 e. The minimum atomic E-state index is -0.0962. The molecule has 0 aliphatic heterocycles. The number of hydrogen-bond donors (Lipinski definition) is 0. The number of rotatable bonds is 9. The fourth-order valence-electron chi connectivity index (χ4n) is 1.76. The predicted molar refractivity (Wildman–Crippen MR) is 62.3 cm³/mol. The number of methoxy groups -OCH3 is 1. The molecular weight excluding hydrogens is 206 g/mol. The molecule has 0 bridgehead atoms. The summed E-state index contributed by atoms with van der Waals surface area (Å²) in [5.41, 5.74) is 0. The molecule has 0 aromatic heterocycles. The summed E-state index contributed by atoms with van der Waals surface area (Å²) in [4.78, 5) is 13.6. The highest BCUT2D eigenvalue weighted by Gasteiger charge is 2.29. The first-order chi connectivity index (χ1) is 7.77. The third-order valence-corrected chi connectivity index (χ3v) is 2.74. The summed E-state index contributed by atoms with van der Waals surface area (Å²) in [6, 6.07) is 0.618. The van der Waals surface area contributed by atoms with Crippen LogP contribution in [-0.4, -0.2) is 50.3 Å². The van der Waals surface area contributed by atoms with Crippen LogP contribution in [0.4, 0.5) is 0 Å². The molecule has 0 amide bonds. The first-order valence-electron chi connectivity index (χ1n) is 6.16. The van der Waals surface area contributed by atoms with Crippen molar-refractivity contribution in [2.24, 2.45) is 0 Å². The average Bonchev–Trinajstić information content (AvgIpc) is 3.06. The van der Waals surface area contributed by atoms with Crippen molar-refractivity contribution in [2.45, 2.75) is 38.6 Å². The third-order valence-electron chi connectivity index (χ3n) is 2.74. The van der Waals surface area contributed by atoms with E-state index < -0.39 is 0 Å². The molecule has 1 fully saturated rings. The van der Waals surface area contributed by atoms with Gasteiger partial charge in [-0.15, -0.1) is 0 Å². The van der Waals surface area contributed by atoms with E-state index in [1.807, 2.05) is 6.92 Å². The summed E-state index contributed by atoms with van der Waals surface area (Å²) >= 11 is 0. The molecule has 1 rings (SSSR count). The molecule has 4 nitrogen and oxygen atoms in total. The van der Waals surface area contributed by atoms with Crippen molar-refractivity contribution in [3.8, 4) is 0 Å². The fraction of sp³-hybridized carbons (Fsp3) is 0.917. The number of unbranched alkanes of at least 4 members (excludes halogenated alkanes) is 1. The van der Waals surface area contributed by atoms with Crippen LogP contribution in [0.15, 0.2) is 0 Å². The van der Waals surface area contributed by atoms with E-state index in [2.05, 4.69) is 4.90 Å². The SMILES string of the molecule is CCOC(=O)CN(CCCCOC)C1CC1. The number of esters is 1. The number of carbonyl (C=O) groups is 1. The van der Waals surface area contributed by atoms with Crippen LogP contribution in [0.25, 0.3) is 0 Å². The Hall–Kier alpha value is -0.610. The van der Waals surface area contributed by atoms with Gasteiger partial charge in [0.2, 0.25) is 0 Å². The molecule has 0 radical (unpaired) electrons. The molecule has 1 aliphatic rings. The van der Waals surface area contributed by atoms with Gasteiger partial charge in [-0.1, -0.05) is 0 Å². The van der Waals surface area contributed by atoms with E-state index in [0.717, 1.165) is 26.0 Å². The van der Waals surface area contributed by atoms with E-state index in [0.29, 0.717) is 19.2 Å². The normalized spacial score (nSPS) is 15.4. The Balaban J connectivity index is 2.17. The van der Waals surface area contributed by atoms with Gasteiger partial charge in [0.25, 0.3) is 0 Å². The molecule has 0 saturated heterocycles. The van der Waals surface area contributed by atoms with Crippen LogP contribution < -0.4 is 0 Å². The molecular formula is C12H23NO3. The second-order valence-corrected chi connectivity index (χ2v) is 4.21. The van der Waals surface area contributed by atoms with Crippen LogP contribution in [0.5, 0.6) is 0 Å². The van der Waals surface area contributed by atoms with Gasteiger partial charge >= 0.3 is 5.97 Å². The highest BCUT2D eigenvalue weighted by Crippen LogP contribution is 2.26. The van der Waals surface area contributed by atoms with Crippen LogP contribution in [0.2, 0.25) is 0 Å². The van der Waals surface area contributed by atoms with Gasteiger partial charge in [-0.3, -0.25) is 9.69 Å². The molecule has 0 spiro atoms. The molecule has 0 atom stereocenters. The summed E-state index contributed by atoms with van der Waals surface area (Å²) in [6.07, 6.45) is 4.60. The first kappa shape index (κ1) is 13.5. The van der Waals surface area contributed by atoms with Crippen molar-refractivity contribution >= 4 is 5.97 Å². The van der Waals surface area contributed by atoms with Crippen molar-refractivity contribution in [2.75, 3.05) is 33.4 Å². The van der Waals surface area contributed by atoms with E-state index in [4.69, 9.17) is 9.47 Å². The molecule has 0 N–H and O–H groups in total. The van der Waals surface area contributed by atoms with Gasteiger partial charge in [-0.2, -0.15) is 0 Å². The molecule has 4 heteroatoms. The summed E-state index contributed by atoms with van der Waals surface area (Å²) in [6.45, 7) is 4.55. The number of hydrogen-bond acceptors (Lipinski definition) is 4. The van der Waals surface area contributed by atoms with Gasteiger partial charge in [0.15, 0.2) is 0 Å². The van der Waals surface area contributed by atoms with Crippen LogP contribution in [0.3, 0.4) is 0 Å². The predicted octanol–water partition coefficient (Wildman–Crippen LogP) is 1.44. The Morgan fingerprint density at radius 2 is 2.12 bits per heavy atom. The van der Waals surface area contributed by atoms with Gasteiger partial charge < -0.3 is 9.47 Å². The lowest BCUT2D eigenvalue weighted by Gasteiger charge is -2.20. The summed E-state index contributed by atoms with van der Waals surface area (Å²) in [5.74, 6) is -0.0962. The smallest absolute Gasteiger partial charge is 0.320 e. The Bertz CT molecular complexity index is 204. The van der Waals surface area contributed by atoms with Gasteiger partial charge in [0.05, 0.1) is 13.2 Å². The first-order valence-corrected chi connectivity index (χ1v) is 6.16. The van der Waals surface area contributed by atoms with Gasteiger partial charge in [-0.05, 0) is 39.2 Å². The Kier molecular flexibility index (Phi) is 6.42. The molecule has 16 heavy (non-hydrogen) atoms. The van der Waals surface area contributed by atoms with Crippen molar-refractivity contribution in [1.82, 2.24) is 4.90 Å². The molecule has 0 heterocycles. The Morgan fingerprint density at radius 1 is 1.38 bits per heavy atom. The van der Waals surface area contributed by atoms with E-state index in [1.54, 1.807) is 7.11 Å². The lowest BCUT2D eigenvalue weighted by Crippen LogP contribution is -2.33. The number of nitrogens with zero attached hydrogens (tertiary/aromatic N) is 1. The Morgan fingerprint density at radius 3 is 2.69 bits per heavy atom. The summed E-state index contributed by atoms with van der Waals surface area (Å²) in [7, 11) is 1.72. The zero-order valence-corrected chi connectivity index (χ0v) is 10.4. The van der Waals surface area contributed by atoms with E-state index in [-0.39, 0.29) is 5.97 Å². The second kappa shape index (κ2) is 7.63. The van der Waals surface area contributed by atoms with Crippen molar-refractivity contribution in [1.29, 1.82) is 0 Å². The quantitative estimate of drug-likeness (QED) is 0.443. The van der Waals surface area contributed by atoms with Crippen molar-refractivity contribution < 1.29 is 14.3 Å². The average molecular weight is 229 g/mol. The zero-order valence-electron chi connectivity index (χ0n) is 10.4. The highest BCUT2D eigenvalue weighted by molar-refractivity contribution is 5.71. The lowest BCUT2D eigenvalue weighted by molar-refractivity contribution is -0.144. The van der Waals surface area contributed by atoms with E-state index in [9.17, 15) is 4.79 Å². The number of carbonyl (C=O) groups excluding carboxylic acids is 1. The lowest BCUT2D eigenvalue weighted by atomic mass is 10.3. The van der Waals surface area contributed by atoms with Gasteiger partial charge in [0.1, 0.15) is 0 Å². The standard InChI is InChI=1S/C12H23NO3/c1-3-16-12(14)10-13(11-6-7-11)8-4-5-9-15-2/h11H,3-10H2,1-2H3. The molecule has 0 unspecified atom stereocenters. The second-order valence-electron chi connectivity index (χ2n) is 4.21. The molecule has 1 saturated carbocycles. The highest BCUT2D eigenvalue weighted by atomic mass is 16.5. The van der Waals surface area contributed by atoms with Gasteiger partial charge in [0, 0.05) is 19.8 Å². The third kappa shape index (κ3) is 5.47. The monoisotopic (exact) mass is 229 g/mol. The van der Waals surface area contributed by atoms with Crippen LogP contribution in [-0.2, 0) is 14.3 Å². The van der Waals surface area contributed by atoms with E-state index in [1.165, 1.54) is 12.8 Å². The zero-order chi connectivity index (χ0) is 11.8.